The fourth-order valence-electron chi connectivity index (χ4n) is 3.92. The quantitative estimate of drug-likeness (QED) is 0.729. The van der Waals surface area contributed by atoms with Crippen molar-refractivity contribution in [3.63, 3.8) is 0 Å². The predicted octanol–water partition coefficient (Wildman–Crippen LogP) is 1.74. The summed E-state index contributed by atoms with van der Waals surface area (Å²) in [5.74, 6) is 1.49. The van der Waals surface area contributed by atoms with Crippen molar-refractivity contribution >= 4 is 24.8 Å². The second-order valence-corrected chi connectivity index (χ2v) is 6.55. The van der Waals surface area contributed by atoms with Crippen LogP contribution in [0.25, 0.3) is 0 Å². The number of aliphatic hydroxyl groups is 1. The first-order chi connectivity index (χ1) is 9.33. The van der Waals surface area contributed by atoms with Crippen molar-refractivity contribution in [2.24, 2.45) is 11.8 Å². The zero-order valence-corrected chi connectivity index (χ0v) is 14.3. The number of hydrogen-bond acceptors (Lipinski definition) is 4. The molecule has 2 heterocycles. The molecule has 0 amide bonds. The lowest BCUT2D eigenvalue weighted by atomic mass is 9.70. The lowest BCUT2D eigenvalue weighted by molar-refractivity contribution is -0.00108. The van der Waals surface area contributed by atoms with Crippen molar-refractivity contribution in [1.29, 1.82) is 0 Å². The van der Waals surface area contributed by atoms with E-state index < -0.39 is 0 Å². The van der Waals surface area contributed by atoms with Gasteiger partial charge in [-0.05, 0) is 63.5 Å². The topological polar surface area (TPSA) is 53.5 Å². The Hall–Kier alpha value is 0.420. The Morgan fingerprint density at radius 1 is 0.952 bits per heavy atom. The fourth-order valence-corrected chi connectivity index (χ4v) is 3.92. The third kappa shape index (κ3) is 5.22. The average Bonchev–Trinajstić information content (AvgIpc) is 2.44. The molecule has 0 aromatic rings. The molecule has 21 heavy (non-hydrogen) atoms. The lowest BCUT2D eigenvalue weighted by Crippen LogP contribution is -2.54. The number of rotatable bonds is 4. The van der Waals surface area contributed by atoms with Crippen LogP contribution >= 0.6 is 24.8 Å². The van der Waals surface area contributed by atoms with E-state index in [0.29, 0.717) is 18.0 Å². The molecule has 3 fully saturated rings. The van der Waals surface area contributed by atoms with Crippen LogP contribution in [0.3, 0.4) is 0 Å². The molecule has 0 radical (unpaired) electrons. The van der Waals surface area contributed by atoms with Gasteiger partial charge >= 0.3 is 0 Å². The van der Waals surface area contributed by atoms with Crippen LogP contribution in [-0.2, 0) is 4.74 Å². The molecule has 0 aromatic heterocycles. The molecule has 1 atom stereocenters. The van der Waals surface area contributed by atoms with Crippen molar-refractivity contribution in [2.45, 2.75) is 56.7 Å². The summed E-state index contributed by atoms with van der Waals surface area (Å²) >= 11 is 0. The van der Waals surface area contributed by atoms with E-state index in [1.807, 2.05) is 0 Å². The van der Waals surface area contributed by atoms with Crippen LogP contribution in [0.15, 0.2) is 0 Å². The first-order valence-corrected chi connectivity index (χ1v) is 8.05. The van der Waals surface area contributed by atoms with Crippen molar-refractivity contribution in [3.05, 3.63) is 0 Å². The van der Waals surface area contributed by atoms with Crippen LogP contribution in [-0.4, -0.2) is 49.6 Å². The Balaban J connectivity index is 0.00000110. The molecule has 6 heteroatoms. The first kappa shape index (κ1) is 19.5. The van der Waals surface area contributed by atoms with Crippen molar-refractivity contribution in [2.75, 3.05) is 26.3 Å². The second-order valence-electron chi connectivity index (χ2n) is 6.55. The van der Waals surface area contributed by atoms with Crippen LogP contribution in [0, 0.1) is 11.8 Å². The van der Waals surface area contributed by atoms with Gasteiger partial charge in [-0.25, -0.2) is 0 Å². The monoisotopic (exact) mass is 340 g/mol. The Kier molecular flexibility index (Phi) is 8.84. The molecule has 2 aliphatic heterocycles. The van der Waals surface area contributed by atoms with E-state index in [2.05, 4.69) is 10.6 Å². The Morgan fingerprint density at radius 2 is 1.57 bits per heavy atom. The normalized spacial score (nSPS) is 32.4. The van der Waals surface area contributed by atoms with Gasteiger partial charge in [-0.3, -0.25) is 0 Å². The summed E-state index contributed by atoms with van der Waals surface area (Å²) in [6, 6.07) is 1.25. The van der Waals surface area contributed by atoms with Crippen molar-refractivity contribution in [3.8, 4) is 0 Å². The summed E-state index contributed by atoms with van der Waals surface area (Å²) in [5, 5.41) is 17.0. The highest BCUT2D eigenvalue weighted by molar-refractivity contribution is 5.85. The summed E-state index contributed by atoms with van der Waals surface area (Å²) < 4.78 is 5.45. The van der Waals surface area contributed by atoms with Gasteiger partial charge in [0.25, 0.3) is 0 Å². The average molecular weight is 341 g/mol. The number of nitrogens with one attached hydrogen (secondary N) is 2. The van der Waals surface area contributed by atoms with Crippen LogP contribution in [0.2, 0.25) is 0 Å². The highest BCUT2D eigenvalue weighted by Crippen LogP contribution is 2.36. The maximum absolute atomic E-state index is 9.61. The van der Waals surface area contributed by atoms with Gasteiger partial charge in [-0.15, -0.1) is 24.8 Å². The van der Waals surface area contributed by atoms with Gasteiger partial charge < -0.3 is 20.5 Å². The molecule has 126 valence electrons. The Bertz CT molecular complexity index is 279. The minimum absolute atomic E-state index is 0. The zero-order chi connectivity index (χ0) is 13.1. The van der Waals surface area contributed by atoms with Crippen LogP contribution in [0.1, 0.15) is 38.5 Å². The third-order valence-electron chi connectivity index (χ3n) is 5.20. The maximum Gasteiger partial charge on any atom is 0.0546 e. The van der Waals surface area contributed by atoms with E-state index in [1.54, 1.807) is 0 Å². The third-order valence-corrected chi connectivity index (χ3v) is 5.20. The highest BCUT2D eigenvalue weighted by Gasteiger charge is 2.39. The van der Waals surface area contributed by atoms with Gasteiger partial charge in [0, 0.05) is 25.3 Å². The van der Waals surface area contributed by atoms with Crippen molar-refractivity contribution < 1.29 is 9.84 Å². The fraction of sp³-hybridized carbons (Fsp3) is 1.00. The second kappa shape index (κ2) is 9.53. The van der Waals surface area contributed by atoms with E-state index in [0.717, 1.165) is 57.9 Å². The molecular formula is C15H30Cl2N2O2. The molecular weight excluding hydrogens is 311 g/mol. The van der Waals surface area contributed by atoms with Crippen LogP contribution in [0.4, 0.5) is 0 Å². The summed E-state index contributed by atoms with van der Waals surface area (Å²) in [5.41, 5.74) is 0. The van der Waals surface area contributed by atoms with Gasteiger partial charge in [-0.2, -0.15) is 0 Å². The number of hydrogen-bond donors (Lipinski definition) is 3. The van der Waals surface area contributed by atoms with E-state index in [1.165, 1.54) is 12.8 Å². The van der Waals surface area contributed by atoms with E-state index in [4.69, 9.17) is 4.74 Å². The highest BCUT2D eigenvalue weighted by atomic mass is 35.5. The summed E-state index contributed by atoms with van der Waals surface area (Å²) in [4.78, 5) is 0. The molecule has 1 unspecified atom stereocenters. The first-order valence-electron chi connectivity index (χ1n) is 8.05. The summed E-state index contributed by atoms with van der Waals surface area (Å²) in [6.45, 7) is 4.13. The van der Waals surface area contributed by atoms with Gasteiger partial charge in [0.2, 0.25) is 0 Å². The number of halogens is 2. The summed E-state index contributed by atoms with van der Waals surface area (Å²) in [6.07, 6.45) is 6.84. The Labute approximate surface area is 140 Å². The smallest absolute Gasteiger partial charge is 0.0546 e. The molecule has 0 aromatic carbocycles. The molecule has 3 rings (SSSR count). The lowest BCUT2D eigenvalue weighted by Gasteiger charge is -2.45. The van der Waals surface area contributed by atoms with Gasteiger partial charge in [-0.1, -0.05) is 0 Å². The number of aliphatic hydroxyl groups excluding tert-OH is 1. The maximum atomic E-state index is 9.61. The molecule has 0 spiro atoms. The number of piperidine rings is 1. The van der Waals surface area contributed by atoms with Gasteiger partial charge in [0.05, 0.1) is 6.10 Å². The summed E-state index contributed by atoms with van der Waals surface area (Å²) in [7, 11) is 0. The standard InChI is InChI=1S/C15H28N2O2.2ClH/c18-14-9-12(10-14)15(11-1-5-16-6-2-11)17-13-3-7-19-8-4-13;;/h11-18H,1-10H2;2*1H. The molecule has 4 nitrogen and oxygen atoms in total. The van der Waals surface area contributed by atoms with Crippen LogP contribution < -0.4 is 10.6 Å². The largest absolute Gasteiger partial charge is 0.393 e. The van der Waals surface area contributed by atoms with Crippen LogP contribution in [0.5, 0.6) is 0 Å². The molecule has 2 saturated heterocycles. The van der Waals surface area contributed by atoms with E-state index in [9.17, 15) is 5.11 Å². The molecule has 1 saturated carbocycles. The molecule has 1 aliphatic carbocycles. The number of ether oxygens (including phenoxy) is 1. The molecule has 3 N–H and O–H groups in total. The van der Waals surface area contributed by atoms with Gasteiger partial charge in [0.15, 0.2) is 0 Å². The van der Waals surface area contributed by atoms with Crippen molar-refractivity contribution in [1.82, 2.24) is 10.6 Å². The zero-order valence-electron chi connectivity index (χ0n) is 12.6. The van der Waals surface area contributed by atoms with E-state index in [-0.39, 0.29) is 30.9 Å². The molecule has 3 aliphatic rings. The Morgan fingerprint density at radius 3 is 2.14 bits per heavy atom. The minimum Gasteiger partial charge on any atom is -0.393 e. The predicted molar refractivity (Wildman–Crippen MR) is 89.6 cm³/mol. The van der Waals surface area contributed by atoms with Gasteiger partial charge in [0.1, 0.15) is 0 Å². The minimum atomic E-state index is -0.0364. The van der Waals surface area contributed by atoms with E-state index >= 15 is 0 Å². The molecule has 0 bridgehead atoms. The SMILES string of the molecule is Cl.Cl.OC1CC(C(NC2CCOCC2)C2CCNCC2)C1.